The van der Waals surface area contributed by atoms with Gasteiger partial charge in [0.1, 0.15) is 5.76 Å². The van der Waals surface area contributed by atoms with Gasteiger partial charge in [0.2, 0.25) is 0 Å². The molecule has 3 aliphatic heterocycles. The molecule has 0 aliphatic carbocycles. The monoisotopic (exact) mass is 338 g/mol. The van der Waals surface area contributed by atoms with Crippen LogP contribution in [-0.2, 0) is 9.47 Å². The lowest BCUT2D eigenvalue weighted by Gasteiger charge is -2.26. The van der Waals surface area contributed by atoms with Crippen molar-refractivity contribution in [3.8, 4) is 0 Å². The minimum absolute atomic E-state index is 0.456. The molecule has 1 aromatic carbocycles. The van der Waals surface area contributed by atoms with Crippen molar-refractivity contribution in [2.75, 3.05) is 46.0 Å². The van der Waals surface area contributed by atoms with Gasteiger partial charge in [0.25, 0.3) is 0 Å². The third kappa shape index (κ3) is 4.14. The van der Waals surface area contributed by atoms with E-state index in [1.54, 1.807) is 0 Å². The highest BCUT2D eigenvalue weighted by Gasteiger charge is 2.24. The van der Waals surface area contributed by atoms with Gasteiger partial charge < -0.3 is 14.4 Å². The average molecular weight is 338 g/mol. The predicted molar refractivity (Wildman–Crippen MR) is 99.0 cm³/mol. The van der Waals surface area contributed by atoms with E-state index in [0.29, 0.717) is 5.92 Å². The molecule has 0 amide bonds. The maximum Gasteiger partial charge on any atom is 0.135 e. The van der Waals surface area contributed by atoms with Crippen LogP contribution in [0.15, 0.2) is 66.2 Å². The number of ether oxygens (including phenoxy) is 2. The van der Waals surface area contributed by atoms with Crippen LogP contribution in [0.5, 0.6) is 0 Å². The SMILES string of the molecule is C1=CC2=CC(c3ccccc3)CN2C=C1OCCCN1CCOCC1. The van der Waals surface area contributed by atoms with Crippen LogP contribution in [0.3, 0.4) is 0 Å². The Morgan fingerprint density at radius 3 is 2.76 bits per heavy atom. The molecule has 3 aliphatic rings. The van der Waals surface area contributed by atoms with E-state index >= 15 is 0 Å². The van der Waals surface area contributed by atoms with Gasteiger partial charge in [0.15, 0.2) is 0 Å². The molecule has 0 N–H and O–H groups in total. The first kappa shape index (κ1) is 16.4. The molecule has 1 fully saturated rings. The number of morpholine rings is 1. The van der Waals surface area contributed by atoms with Crippen LogP contribution in [0.2, 0.25) is 0 Å². The Morgan fingerprint density at radius 2 is 1.92 bits per heavy atom. The van der Waals surface area contributed by atoms with E-state index in [9.17, 15) is 0 Å². The highest BCUT2D eigenvalue weighted by molar-refractivity contribution is 5.39. The highest BCUT2D eigenvalue weighted by Crippen LogP contribution is 2.32. The molecule has 3 heterocycles. The normalized spacial score (nSPS) is 23.2. The standard InChI is InChI=1S/C21H26N2O2/c1-2-5-18(6-3-1)19-15-20-7-8-21(17-23(20)16-19)25-12-4-9-22-10-13-24-14-11-22/h1-3,5-8,15,17,19H,4,9-14,16H2. The molecule has 0 aromatic heterocycles. The molecule has 4 rings (SSSR count). The van der Waals surface area contributed by atoms with Crippen LogP contribution in [0.4, 0.5) is 0 Å². The lowest BCUT2D eigenvalue weighted by molar-refractivity contribution is 0.0345. The van der Waals surface area contributed by atoms with Crippen molar-refractivity contribution in [1.82, 2.24) is 9.80 Å². The van der Waals surface area contributed by atoms with Gasteiger partial charge in [-0.2, -0.15) is 0 Å². The minimum Gasteiger partial charge on any atom is -0.492 e. The topological polar surface area (TPSA) is 24.9 Å². The van der Waals surface area contributed by atoms with E-state index in [4.69, 9.17) is 9.47 Å². The second-order valence-electron chi connectivity index (χ2n) is 6.78. The second-order valence-corrected chi connectivity index (χ2v) is 6.78. The molecule has 25 heavy (non-hydrogen) atoms. The summed E-state index contributed by atoms with van der Waals surface area (Å²) < 4.78 is 11.4. The predicted octanol–water partition coefficient (Wildman–Crippen LogP) is 3.12. The van der Waals surface area contributed by atoms with Gasteiger partial charge in [-0.1, -0.05) is 36.4 Å². The average Bonchev–Trinajstić information content (AvgIpc) is 3.10. The molecule has 4 heteroatoms. The molecule has 0 saturated carbocycles. The Balaban J connectivity index is 1.25. The molecular weight excluding hydrogens is 312 g/mol. The summed E-state index contributed by atoms with van der Waals surface area (Å²) in [7, 11) is 0. The summed E-state index contributed by atoms with van der Waals surface area (Å²) in [5, 5.41) is 0. The van der Waals surface area contributed by atoms with Crippen molar-refractivity contribution in [3.05, 3.63) is 71.8 Å². The number of nitrogens with zero attached hydrogens (tertiary/aromatic N) is 2. The molecule has 1 saturated heterocycles. The smallest absolute Gasteiger partial charge is 0.135 e. The van der Waals surface area contributed by atoms with E-state index < -0.39 is 0 Å². The molecule has 1 unspecified atom stereocenters. The summed E-state index contributed by atoms with van der Waals surface area (Å²) in [4.78, 5) is 4.75. The van der Waals surface area contributed by atoms with Crippen LogP contribution in [-0.4, -0.2) is 55.8 Å². The quantitative estimate of drug-likeness (QED) is 0.744. The molecule has 4 nitrogen and oxygen atoms in total. The summed E-state index contributed by atoms with van der Waals surface area (Å²) >= 11 is 0. The van der Waals surface area contributed by atoms with Crippen LogP contribution >= 0.6 is 0 Å². The first-order chi connectivity index (χ1) is 12.4. The summed E-state index contributed by atoms with van der Waals surface area (Å²) in [5.74, 6) is 1.42. The van der Waals surface area contributed by atoms with Crippen molar-refractivity contribution in [1.29, 1.82) is 0 Å². The maximum atomic E-state index is 5.97. The van der Waals surface area contributed by atoms with Gasteiger partial charge in [-0.05, 0) is 24.1 Å². The van der Waals surface area contributed by atoms with Crippen molar-refractivity contribution in [2.45, 2.75) is 12.3 Å². The van der Waals surface area contributed by atoms with Gasteiger partial charge in [-0.15, -0.1) is 0 Å². The van der Waals surface area contributed by atoms with Gasteiger partial charge in [-0.25, -0.2) is 0 Å². The zero-order chi connectivity index (χ0) is 16.9. The summed E-state index contributed by atoms with van der Waals surface area (Å²) in [6.45, 7) is 6.66. The fourth-order valence-corrected chi connectivity index (χ4v) is 3.60. The Morgan fingerprint density at radius 1 is 1.08 bits per heavy atom. The summed E-state index contributed by atoms with van der Waals surface area (Å²) in [5.41, 5.74) is 2.65. The molecule has 1 atom stereocenters. The Bertz CT molecular complexity index is 660. The van der Waals surface area contributed by atoms with Gasteiger partial charge in [0.05, 0.1) is 19.8 Å². The van der Waals surface area contributed by atoms with E-state index in [2.05, 4.69) is 64.6 Å². The zero-order valence-electron chi connectivity index (χ0n) is 14.6. The Labute approximate surface area is 150 Å². The number of fused-ring (bicyclic) bond motifs is 1. The number of rotatable bonds is 6. The Kier molecular flexibility index (Phi) is 5.19. The van der Waals surface area contributed by atoms with Gasteiger partial charge >= 0.3 is 0 Å². The first-order valence-corrected chi connectivity index (χ1v) is 9.25. The largest absolute Gasteiger partial charge is 0.492 e. The third-order valence-corrected chi connectivity index (χ3v) is 5.02. The summed E-state index contributed by atoms with van der Waals surface area (Å²) in [6, 6.07) is 10.7. The second kappa shape index (κ2) is 7.89. The molecular formula is C21H26N2O2. The molecule has 0 bridgehead atoms. The van der Waals surface area contributed by atoms with Crippen LogP contribution in [0.1, 0.15) is 17.9 Å². The number of hydrogen-bond donors (Lipinski definition) is 0. The number of benzene rings is 1. The molecule has 0 spiro atoms. The first-order valence-electron chi connectivity index (χ1n) is 9.25. The fraction of sp³-hybridized carbons (Fsp3) is 0.429. The lowest BCUT2D eigenvalue weighted by Crippen LogP contribution is -2.37. The molecule has 0 radical (unpaired) electrons. The number of allylic oxidation sites excluding steroid dienone is 2. The lowest BCUT2D eigenvalue weighted by atomic mass is 10.0. The van der Waals surface area contributed by atoms with E-state index in [1.165, 1.54) is 11.3 Å². The third-order valence-electron chi connectivity index (χ3n) is 5.02. The van der Waals surface area contributed by atoms with Gasteiger partial charge in [-0.3, -0.25) is 4.90 Å². The zero-order valence-corrected chi connectivity index (χ0v) is 14.6. The fourth-order valence-electron chi connectivity index (χ4n) is 3.60. The van der Waals surface area contributed by atoms with E-state index in [0.717, 1.165) is 58.2 Å². The Hall–Kier alpha value is -2.04. The van der Waals surface area contributed by atoms with Gasteiger partial charge in [0, 0.05) is 44.0 Å². The van der Waals surface area contributed by atoms with Crippen LogP contribution < -0.4 is 0 Å². The molecule has 1 aromatic rings. The van der Waals surface area contributed by atoms with Crippen molar-refractivity contribution >= 4 is 0 Å². The highest BCUT2D eigenvalue weighted by atomic mass is 16.5. The van der Waals surface area contributed by atoms with E-state index in [-0.39, 0.29) is 0 Å². The van der Waals surface area contributed by atoms with Crippen molar-refractivity contribution < 1.29 is 9.47 Å². The van der Waals surface area contributed by atoms with Crippen molar-refractivity contribution in [2.24, 2.45) is 0 Å². The molecule has 132 valence electrons. The number of hydrogen-bond acceptors (Lipinski definition) is 4. The minimum atomic E-state index is 0.456. The van der Waals surface area contributed by atoms with Crippen LogP contribution in [0, 0.1) is 0 Å². The van der Waals surface area contributed by atoms with E-state index in [1.807, 2.05) is 0 Å². The van der Waals surface area contributed by atoms with Crippen molar-refractivity contribution in [3.63, 3.8) is 0 Å². The van der Waals surface area contributed by atoms with Crippen LogP contribution in [0.25, 0.3) is 0 Å². The maximum absolute atomic E-state index is 5.97. The summed E-state index contributed by atoms with van der Waals surface area (Å²) in [6.07, 6.45) is 9.80.